The van der Waals surface area contributed by atoms with Crippen LogP contribution in [0.2, 0.25) is 0 Å². The molecule has 1 aliphatic heterocycles. The predicted molar refractivity (Wildman–Crippen MR) is 132 cm³/mol. The Hall–Kier alpha value is -3.10. The van der Waals surface area contributed by atoms with Gasteiger partial charge in [0.1, 0.15) is 12.2 Å². The zero-order valence-corrected chi connectivity index (χ0v) is 19.9. The summed E-state index contributed by atoms with van der Waals surface area (Å²) >= 11 is 0. The van der Waals surface area contributed by atoms with Gasteiger partial charge in [0.25, 0.3) is 5.69 Å². The molecule has 1 N–H and O–H groups in total. The van der Waals surface area contributed by atoms with E-state index in [1.165, 1.54) is 12.1 Å². The van der Waals surface area contributed by atoms with Crippen molar-refractivity contribution < 1.29 is 24.2 Å². The molecule has 1 heterocycles. The molecule has 35 heavy (non-hydrogen) atoms. The van der Waals surface area contributed by atoms with Crippen molar-refractivity contribution in [2.75, 3.05) is 0 Å². The van der Waals surface area contributed by atoms with Crippen LogP contribution >= 0.6 is 0 Å². The Balaban J connectivity index is 1.55. The van der Waals surface area contributed by atoms with Crippen molar-refractivity contribution in [2.24, 2.45) is 0 Å². The van der Waals surface area contributed by atoms with E-state index in [1.807, 2.05) is 74.5 Å². The summed E-state index contributed by atoms with van der Waals surface area (Å²) < 4.78 is 18.8. The van der Waals surface area contributed by atoms with Crippen molar-refractivity contribution in [3.63, 3.8) is 0 Å². The molecule has 4 atom stereocenters. The molecule has 0 spiro atoms. The normalized spacial score (nSPS) is 20.9. The number of hydrogen-bond donors (Lipinski definition) is 1. The summed E-state index contributed by atoms with van der Waals surface area (Å²) in [6, 6.07) is 26.1. The predicted octanol–water partition coefficient (Wildman–Crippen LogP) is 4.85. The maximum Gasteiger partial charge on any atom is 0.269 e. The van der Waals surface area contributed by atoms with Crippen molar-refractivity contribution >= 4 is 5.69 Å². The highest BCUT2D eigenvalue weighted by molar-refractivity contribution is 5.32. The Bertz CT molecular complexity index is 1090. The lowest BCUT2D eigenvalue weighted by Crippen LogP contribution is -2.45. The highest BCUT2D eigenvalue weighted by Crippen LogP contribution is 2.35. The summed E-state index contributed by atoms with van der Waals surface area (Å²) in [5.74, 6) is -0.876. The van der Waals surface area contributed by atoms with Crippen LogP contribution in [0.4, 0.5) is 5.69 Å². The van der Waals surface area contributed by atoms with Crippen molar-refractivity contribution in [3.05, 3.63) is 112 Å². The third-order valence-corrected chi connectivity index (χ3v) is 6.09. The number of nitro groups is 1. The molecule has 184 valence electrons. The van der Waals surface area contributed by atoms with Gasteiger partial charge in [-0.25, -0.2) is 0 Å². The Kier molecular flexibility index (Phi) is 7.93. The fourth-order valence-corrected chi connectivity index (χ4v) is 4.41. The van der Waals surface area contributed by atoms with Crippen LogP contribution in [-0.2, 0) is 33.7 Å². The molecule has 3 aromatic carbocycles. The smallest absolute Gasteiger partial charge is 0.269 e. The Morgan fingerprint density at radius 2 is 1.40 bits per heavy atom. The molecule has 4 rings (SSSR count). The van der Waals surface area contributed by atoms with Crippen LogP contribution in [-0.4, -0.2) is 40.2 Å². The molecule has 1 aliphatic rings. The fraction of sp³-hybridized carbons (Fsp3) is 0.357. The van der Waals surface area contributed by atoms with E-state index < -0.39 is 35.1 Å². The minimum Gasteiger partial charge on any atom is -0.390 e. The average molecular weight is 478 g/mol. The molecule has 3 aromatic rings. The molecule has 0 aliphatic carbocycles. The molecule has 0 radical (unpaired) electrons. The first-order valence-electron chi connectivity index (χ1n) is 11.8. The quantitative estimate of drug-likeness (QED) is 0.332. The molecule has 0 saturated carbocycles. The Morgan fingerprint density at radius 1 is 0.857 bits per heavy atom. The Morgan fingerprint density at radius 3 is 1.97 bits per heavy atom. The van der Waals surface area contributed by atoms with Gasteiger partial charge in [0.2, 0.25) is 0 Å². The van der Waals surface area contributed by atoms with Crippen LogP contribution in [0.5, 0.6) is 0 Å². The minimum atomic E-state index is -0.876. The molecular formula is C28H31NO6. The zero-order chi connectivity index (χ0) is 24.8. The highest BCUT2D eigenvalue weighted by atomic mass is 16.8. The maximum atomic E-state index is 11.2. The number of aliphatic hydroxyl groups excluding tert-OH is 1. The van der Waals surface area contributed by atoms with Crippen LogP contribution in [0, 0.1) is 10.1 Å². The van der Waals surface area contributed by atoms with E-state index in [-0.39, 0.29) is 12.3 Å². The summed E-state index contributed by atoms with van der Waals surface area (Å²) in [5.41, 5.74) is 2.94. The van der Waals surface area contributed by atoms with Crippen molar-refractivity contribution in [1.29, 1.82) is 0 Å². The summed E-state index contributed by atoms with van der Waals surface area (Å²) in [7, 11) is 0. The molecule has 0 unspecified atom stereocenters. The van der Waals surface area contributed by atoms with Crippen molar-refractivity contribution in [2.45, 2.75) is 63.5 Å². The number of ether oxygens (including phenoxy) is 3. The zero-order valence-electron chi connectivity index (χ0n) is 19.9. The van der Waals surface area contributed by atoms with Crippen LogP contribution < -0.4 is 0 Å². The second kappa shape index (κ2) is 11.1. The average Bonchev–Trinajstić information content (AvgIpc) is 3.18. The van der Waals surface area contributed by atoms with Crippen LogP contribution in [0.1, 0.15) is 30.5 Å². The molecule has 1 saturated heterocycles. The number of non-ortho nitro benzene ring substituents is 1. The minimum absolute atomic E-state index is 0.0351. The lowest BCUT2D eigenvalue weighted by Gasteiger charge is -2.29. The first-order valence-corrected chi connectivity index (χ1v) is 11.8. The van der Waals surface area contributed by atoms with E-state index >= 15 is 0 Å². The molecule has 0 amide bonds. The molecule has 7 nitrogen and oxygen atoms in total. The maximum absolute atomic E-state index is 11.2. The summed E-state index contributed by atoms with van der Waals surface area (Å²) in [6.45, 7) is 3.92. The van der Waals surface area contributed by atoms with Crippen LogP contribution in [0.25, 0.3) is 0 Å². The lowest BCUT2D eigenvalue weighted by molar-refractivity contribution is -0.384. The monoisotopic (exact) mass is 477 g/mol. The number of aliphatic hydroxyl groups is 1. The molecule has 0 bridgehead atoms. The molecule has 7 heteroatoms. The van der Waals surface area contributed by atoms with Crippen LogP contribution in [0.15, 0.2) is 84.9 Å². The fourth-order valence-electron chi connectivity index (χ4n) is 4.41. The number of rotatable bonds is 10. The molecule has 0 aromatic heterocycles. The van der Waals surface area contributed by atoms with Crippen molar-refractivity contribution in [3.8, 4) is 0 Å². The highest BCUT2D eigenvalue weighted by Gasteiger charge is 2.48. The summed E-state index contributed by atoms with van der Waals surface area (Å²) in [6.07, 6.45) is -1.30. The van der Waals surface area contributed by atoms with Gasteiger partial charge >= 0.3 is 0 Å². The van der Waals surface area contributed by atoms with E-state index in [1.54, 1.807) is 12.1 Å². The second-order valence-electron chi connectivity index (χ2n) is 9.28. The third kappa shape index (κ3) is 6.74. The third-order valence-electron chi connectivity index (χ3n) is 6.09. The van der Waals surface area contributed by atoms with E-state index in [2.05, 4.69) is 0 Å². The van der Waals surface area contributed by atoms with Crippen LogP contribution in [0.3, 0.4) is 0 Å². The van der Waals surface area contributed by atoms with E-state index in [9.17, 15) is 15.2 Å². The lowest BCUT2D eigenvalue weighted by atomic mass is 9.94. The van der Waals surface area contributed by atoms with Gasteiger partial charge in [-0.15, -0.1) is 0 Å². The second-order valence-corrected chi connectivity index (χ2v) is 9.28. The van der Waals surface area contributed by atoms with E-state index in [4.69, 9.17) is 14.2 Å². The number of hydrogen-bond acceptors (Lipinski definition) is 6. The topological polar surface area (TPSA) is 91.1 Å². The first-order chi connectivity index (χ1) is 16.8. The van der Waals surface area contributed by atoms with Gasteiger partial charge in [-0.05, 0) is 42.7 Å². The summed E-state index contributed by atoms with van der Waals surface area (Å²) in [4.78, 5) is 10.5. The van der Waals surface area contributed by atoms with Gasteiger partial charge in [-0.3, -0.25) is 10.1 Å². The van der Waals surface area contributed by atoms with Crippen molar-refractivity contribution in [1.82, 2.24) is 0 Å². The Labute approximate surface area is 205 Å². The molecular weight excluding hydrogens is 446 g/mol. The van der Waals surface area contributed by atoms with Gasteiger partial charge in [-0.2, -0.15) is 0 Å². The standard InChI is InChI=1S/C28H31NO6/c1-28(2)34-26(24(30)17-20-9-5-3-6-10-20)27(35-28)25(18-21-11-7-4-8-12-21)33-19-22-13-15-23(16-14-22)29(31)32/h3-16,24-27,30H,17-19H2,1-2H3/t24-,25-,26-,27-/m1/s1. The van der Waals surface area contributed by atoms with E-state index in [0.29, 0.717) is 12.8 Å². The van der Waals surface area contributed by atoms with Gasteiger partial charge in [0.05, 0.1) is 23.7 Å². The SMILES string of the molecule is CC1(C)O[C@H]([C@H](O)Cc2ccccc2)[C@@H]([C@@H](Cc2ccccc2)OCc2ccc([N+](=O)[O-])cc2)O1. The first kappa shape index (κ1) is 25.0. The van der Waals surface area contributed by atoms with E-state index in [0.717, 1.165) is 16.7 Å². The molecule has 1 fully saturated rings. The van der Waals surface area contributed by atoms with Gasteiger partial charge in [0, 0.05) is 25.0 Å². The van der Waals surface area contributed by atoms with Gasteiger partial charge in [0.15, 0.2) is 5.79 Å². The summed E-state index contributed by atoms with van der Waals surface area (Å²) in [5, 5.41) is 22.1. The number of nitrogens with zero attached hydrogens (tertiary/aromatic N) is 1. The largest absolute Gasteiger partial charge is 0.390 e. The van der Waals surface area contributed by atoms with Gasteiger partial charge in [-0.1, -0.05) is 60.7 Å². The van der Waals surface area contributed by atoms with Gasteiger partial charge < -0.3 is 19.3 Å². The number of benzene rings is 3. The number of nitro benzene ring substituents is 1.